The number of rotatable bonds is 5. The molecule has 3 amide bonds. The number of hydrogen-bond donors (Lipinski definition) is 1. The van der Waals surface area contributed by atoms with Gasteiger partial charge in [-0.05, 0) is 45.2 Å². The largest absolute Gasteiger partial charge is 0.445 e. The molecule has 2 aliphatic rings. The highest BCUT2D eigenvalue weighted by atomic mass is 28.3. The van der Waals surface area contributed by atoms with Gasteiger partial charge >= 0.3 is 12.2 Å². The van der Waals surface area contributed by atoms with Crippen LogP contribution in [0, 0.1) is 11.3 Å². The first-order valence-electron chi connectivity index (χ1n) is 11.6. The second-order valence-corrected chi connectivity index (χ2v) is 13.5. The lowest BCUT2D eigenvalue weighted by molar-refractivity contribution is -0.139. The van der Waals surface area contributed by atoms with Gasteiger partial charge in [-0.25, -0.2) is 9.59 Å². The van der Waals surface area contributed by atoms with E-state index >= 15 is 0 Å². The molecule has 0 bridgehead atoms. The first-order valence-corrected chi connectivity index (χ1v) is 14.4. The van der Waals surface area contributed by atoms with Crippen LogP contribution >= 0.6 is 0 Å². The molecule has 188 valence electrons. The van der Waals surface area contributed by atoms with Crippen LogP contribution in [0.2, 0.25) is 13.1 Å². The molecule has 0 saturated carbocycles. The van der Waals surface area contributed by atoms with Crippen LogP contribution in [0.4, 0.5) is 9.59 Å². The summed E-state index contributed by atoms with van der Waals surface area (Å²) in [5.74, 6) is -0.186. The number of carbonyl (C=O) groups is 3. The highest BCUT2D eigenvalue weighted by Crippen LogP contribution is 2.47. The Morgan fingerprint density at radius 3 is 2.36 bits per heavy atom. The van der Waals surface area contributed by atoms with Crippen molar-refractivity contribution in [1.29, 1.82) is 0 Å². The van der Waals surface area contributed by atoms with Crippen LogP contribution in [0.25, 0.3) is 0 Å². The number of piperazine rings is 1. The third kappa shape index (κ3) is 6.50. The van der Waals surface area contributed by atoms with E-state index in [0.717, 1.165) is 0 Å². The fourth-order valence-corrected chi connectivity index (χ4v) is 5.59. The van der Waals surface area contributed by atoms with Gasteiger partial charge in [0.2, 0.25) is 5.91 Å². The van der Waals surface area contributed by atoms with Crippen molar-refractivity contribution in [2.24, 2.45) is 11.3 Å². The molecule has 2 aliphatic heterocycles. The summed E-state index contributed by atoms with van der Waals surface area (Å²) in [6.07, 6.45) is 0.876. The highest BCUT2D eigenvalue weighted by Gasteiger charge is 2.60. The lowest BCUT2D eigenvalue weighted by atomic mass is 9.78. The highest BCUT2D eigenvalue weighted by molar-refractivity contribution is 6.48. The van der Waals surface area contributed by atoms with E-state index in [1.807, 2.05) is 33.9 Å². The van der Waals surface area contributed by atoms with Gasteiger partial charge in [0, 0.05) is 19.5 Å². The number of nitrogens with zero attached hydrogens (tertiary/aromatic N) is 2. The lowest BCUT2D eigenvalue weighted by Crippen LogP contribution is -2.71. The van der Waals surface area contributed by atoms with Crippen molar-refractivity contribution >= 4 is 27.1 Å². The molecule has 33 heavy (non-hydrogen) atoms. The molecular weight excluding hydrogens is 442 g/mol. The molecule has 1 N–H and O–H groups in total. The molecular formula is C23H41N3O6Si. The second kappa shape index (κ2) is 10.0. The minimum absolute atomic E-state index is 0.0247. The summed E-state index contributed by atoms with van der Waals surface area (Å²) < 4.78 is 17.8. The zero-order valence-electron chi connectivity index (χ0n) is 21.4. The Balaban J connectivity index is 2.59. The van der Waals surface area contributed by atoms with Gasteiger partial charge < -0.3 is 19.2 Å². The van der Waals surface area contributed by atoms with Crippen LogP contribution in [0.3, 0.4) is 0 Å². The van der Waals surface area contributed by atoms with Crippen LogP contribution in [-0.2, 0) is 18.7 Å². The van der Waals surface area contributed by atoms with Crippen molar-refractivity contribution in [3.8, 4) is 0 Å². The maximum Gasteiger partial charge on any atom is 0.412 e. The Morgan fingerprint density at radius 1 is 1.21 bits per heavy atom. The van der Waals surface area contributed by atoms with Crippen molar-refractivity contribution < 1.29 is 28.3 Å². The smallest absolute Gasteiger partial charge is 0.412 e. The molecule has 0 aromatic carbocycles. The number of likely N-dealkylation sites (tertiary alicyclic amines) is 1. The summed E-state index contributed by atoms with van der Waals surface area (Å²) >= 11 is 0. The summed E-state index contributed by atoms with van der Waals surface area (Å²) in [5.41, 5.74) is -1.95. The van der Waals surface area contributed by atoms with Crippen molar-refractivity contribution in [3.63, 3.8) is 0 Å². The normalized spacial score (nSPS) is 26.3. The van der Waals surface area contributed by atoms with E-state index < -0.39 is 38.6 Å². The van der Waals surface area contributed by atoms with Gasteiger partial charge in [0.05, 0.1) is 0 Å². The molecule has 0 radical (unpaired) electrons. The molecule has 2 rings (SSSR count). The van der Waals surface area contributed by atoms with E-state index in [1.165, 1.54) is 11.0 Å². The molecule has 1 unspecified atom stereocenters. The zero-order chi connectivity index (χ0) is 25.2. The van der Waals surface area contributed by atoms with Gasteiger partial charge in [-0.2, -0.15) is 0 Å². The van der Waals surface area contributed by atoms with Crippen molar-refractivity contribution in [2.75, 3.05) is 26.2 Å². The average Bonchev–Trinajstić information content (AvgIpc) is 3.04. The fourth-order valence-electron chi connectivity index (χ4n) is 4.39. The molecule has 0 spiro atoms. The van der Waals surface area contributed by atoms with E-state index in [2.05, 4.69) is 32.7 Å². The second-order valence-electron chi connectivity index (χ2n) is 11.2. The summed E-state index contributed by atoms with van der Waals surface area (Å²) in [7, 11) is -1.73. The number of amides is 3. The minimum atomic E-state index is -1.73. The Kier molecular flexibility index (Phi) is 8.27. The van der Waals surface area contributed by atoms with Crippen LogP contribution in [0.1, 0.15) is 48.0 Å². The standard InChI is InChI=1S/C23H41N3O6Si/c1-10-11-30-19(28)25-15-18(27)24-13-17(25)23(32-33(8)9)12-16(21(2,3)4)14-26(23)20(29)31-22(5,6)7/h10,16-17,33H,1,11-15H2,2-9H3,(H,24,27)/t16-,17?,23-/m0/s1. The topological polar surface area (TPSA) is 97.4 Å². The van der Waals surface area contributed by atoms with Gasteiger partial charge in [-0.3, -0.25) is 14.6 Å². The lowest BCUT2D eigenvalue weighted by Gasteiger charge is -2.50. The Labute approximate surface area is 199 Å². The van der Waals surface area contributed by atoms with E-state index in [9.17, 15) is 14.4 Å². The number of nitrogens with one attached hydrogen (secondary N) is 1. The van der Waals surface area contributed by atoms with Crippen LogP contribution < -0.4 is 5.32 Å². The van der Waals surface area contributed by atoms with Gasteiger partial charge in [-0.15, -0.1) is 0 Å². The SMILES string of the molecule is C=CCOC(=O)N1CC(=O)NCC1[C@@]1(O[SiH](C)C)C[C@H](C(C)(C)C)CN1C(=O)OC(C)(C)C. The first kappa shape index (κ1) is 27.2. The number of carbonyl (C=O) groups excluding carboxylic acids is 3. The third-order valence-corrected chi connectivity index (χ3v) is 6.82. The Hall–Kier alpha value is -2.07. The van der Waals surface area contributed by atoms with Crippen LogP contribution in [-0.4, -0.2) is 80.5 Å². The average molecular weight is 484 g/mol. The summed E-state index contributed by atoms with van der Waals surface area (Å²) in [5, 5.41) is 2.86. The Bertz CT molecular complexity index is 760. The maximum absolute atomic E-state index is 13.5. The van der Waals surface area contributed by atoms with Crippen molar-refractivity contribution in [1.82, 2.24) is 15.1 Å². The predicted octanol–water partition coefficient (Wildman–Crippen LogP) is 3.11. The maximum atomic E-state index is 13.5. The van der Waals surface area contributed by atoms with Crippen molar-refractivity contribution in [3.05, 3.63) is 12.7 Å². The fraction of sp³-hybridized carbons (Fsp3) is 0.783. The molecule has 2 fully saturated rings. The zero-order valence-corrected chi connectivity index (χ0v) is 22.6. The first-order chi connectivity index (χ1) is 15.1. The quantitative estimate of drug-likeness (QED) is 0.477. The van der Waals surface area contributed by atoms with Crippen molar-refractivity contribution in [2.45, 2.75) is 78.4 Å². The van der Waals surface area contributed by atoms with Gasteiger partial charge in [0.25, 0.3) is 0 Å². The predicted molar refractivity (Wildman–Crippen MR) is 128 cm³/mol. The third-order valence-electron chi connectivity index (χ3n) is 5.94. The van der Waals surface area contributed by atoms with Gasteiger partial charge in [0.1, 0.15) is 24.8 Å². The summed E-state index contributed by atoms with van der Waals surface area (Å²) in [4.78, 5) is 41.8. The minimum Gasteiger partial charge on any atom is -0.445 e. The Morgan fingerprint density at radius 2 is 1.85 bits per heavy atom. The van der Waals surface area contributed by atoms with E-state index in [1.54, 1.807) is 4.90 Å². The molecule has 0 aliphatic carbocycles. The van der Waals surface area contributed by atoms with Crippen LogP contribution in [0.15, 0.2) is 12.7 Å². The summed E-state index contributed by atoms with van der Waals surface area (Å²) in [6, 6.07) is -0.623. The monoisotopic (exact) mass is 483 g/mol. The van der Waals surface area contributed by atoms with Gasteiger partial charge in [-0.1, -0.05) is 33.4 Å². The molecule has 2 saturated heterocycles. The van der Waals surface area contributed by atoms with E-state index in [0.29, 0.717) is 13.0 Å². The molecule has 0 aromatic rings. The molecule has 9 nitrogen and oxygen atoms in total. The van der Waals surface area contributed by atoms with Crippen LogP contribution in [0.5, 0.6) is 0 Å². The summed E-state index contributed by atoms with van der Waals surface area (Å²) in [6.45, 7) is 19.9. The number of ether oxygens (including phenoxy) is 2. The molecule has 3 atom stereocenters. The molecule has 10 heteroatoms. The molecule has 0 aromatic heterocycles. The van der Waals surface area contributed by atoms with E-state index in [-0.39, 0.29) is 36.9 Å². The molecule has 2 heterocycles. The van der Waals surface area contributed by atoms with E-state index in [4.69, 9.17) is 13.9 Å². The number of hydrogen-bond acceptors (Lipinski definition) is 6. The van der Waals surface area contributed by atoms with Gasteiger partial charge in [0.15, 0.2) is 14.8 Å².